The summed E-state index contributed by atoms with van der Waals surface area (Å²) in [6, 6.07) is 0. The molecule has 0 bridgehead atoms. The second-order valence-electron chi connectivity index (χ2n) is 0.816. The maximum absolute atomic E-state index is 8.52. The van der Waals surface area contributed by atoms with Crippen LogP contribution in [0, 0.1) is 0 Å². The van der Waals surface area contributed by atoms with Gasteiger partial charge in [-0.25, -0.2) is 0 Å². The Kier molecular flexibility index (Phi) is 12.2. The van der Waals surface area contributed by atoms with Crippen molar-refractivity contribution < 1.29 is 65.4 Å². The van der Waals surface area contributed by atoms with E-state index in [1.165, 1.54) is 0 Å². The van der Waals surface area contributed by atoms with E-state index in [9.17, 15) is 0 Å². The molecule has 0 spiro atoms. The van der Waals surface area contributed by atoms with E-state index in [0.717, 1.165) is 0 Å². The van der Waals surface area contributed by atoms with Gasteiger partial charge in [-0.2, -0.15) is 0 Å². The minimum atomic E-state index is -5.17. The van der Waals surface area contributed by atoms with Gasteiger partial charge >= 0.3 is 30.4 Å². The van der Waals surface area contributed by atoms with Crippen molar-refractivity contribution in [2.45, 2.75) is 0 Å². The molecule has 0 fully saturated rings. The Morgan fingerprint density at radius 1 is 0.750 bits per heavy atom. The van der Waals surface area contributed by atoms with Crippen LogP contribution in [-0.4, -0.2) is 35.0 Å². The fraction of sp³-hybridized carbons (Fsp3) is 0. The molecule has 0 aliphatic carbocycles. The summed E-state index contributed by atoms with van der Waals surface area (Å²) >= 11 is 0.300. The third kappa shape index (κ3) is 5170. The monoisotopic (exact) mass is 300 g/mol. The van der Waals surface area contributed by atoms with Crippen LogP contribution >= 0.6 is 0 Å². The van der Waals surface area contributed by atoms with Crippen molar-refractivity contribution in [3.8, 4) is 0 Å². The normalized spacial score (nSPS) is 10.2. The van der Waals surface area contributed by atoms with Crippen LogP contribution in [0.25, 0.3) is 0 Å². The molecule has 0 unspecified atom stereocenters. The van der Waals surface area contributed by atoms with Gasteiger partial charge in [-0.3, -0.25) is 16.8 Å². The van der Waals surface area contributed by atoms with Gasteiger partial charge in [0, 0.05) is 20.8 Å². The van der Waals surface area contributed by atoms with E-state index in [1.807, 2.05) is 0 Å². The molecule has 0 N–H and O–H groups in total. The second-order valence-corrected chi connectivity index (χ2v) is 2.45. The van der Waals surface area contributed by atoms with Gasteiger partial charge < -0.3 is 18.2 Å². The van der Waals surface area contributed by atoms with Crippen LogP contribution in [-0.2, 0) is 48.3 Å². The third-order valence-electron chi connectivity index (χ3n) is 0. The van der Waals surface area contributed by atoms with E-state index in [0.29, 0.717) is 24.7 Å². The summed E-state index contributed by atoms with van der Waals surface area (Å²) in [7, 11) is -10.3. The molecular formula is H2O9S2Zr. The molecule has 0 rings (SSSR count). The van der Waals surface area contributed by atoms with Crippen LogP contribution in [0.4, 0.5) is 0 Å². The molecule has 0 aromatic rings. The van der Waals surface area contributed by atoms with Gasteiger partial charge in [-0.1, -0.05) is 0 Å². The molecular weight excluding hydrogens is 299 g/mol. The average molecular weight is 301 g/mol. The van der Waals surface area contributed by atoms with E-state index in [1.54, 1.807) is 0 Å². The summed E-state index contributed by atoms with van der Waals surface area (Å²) in [6.45, 7) is 0. The first-order chi connectivity index (χ1) is 5.00. The Hall–Kier alpha value is 0.423. The van der Waals surface area contributed by atoms with Crippen molar-refractivity contribution in [1.29, 1.82) is 0 Å². The molecule has 0 aromatic heterocycles. The van der Waals surface area contributed by atoms with Crippen molar-refractivity contribution >= 4 is 20.8 Å². The molecule has 12 heavy (non-hydrogen) atoms. The van der Waals surface area contributed by atoms with Gasteiger partial charge in [0.2, 0.25) is 0 Å². The summed E-state index contributed by atoms with van der Waals surface area (Å²) in [5.41, 5.74) is 0. The fourth-order valence-electron chi connectivity index (χ4n) is 0. The fourth-order valence-corrected chi connectivity index (χ4v) is 0. The Balaban J connectivity index is -0.0000000292. The molecule has 0 saturated carbocycles. The van der Waals surface area contributed by atoms with Gasteiger partial charge in [0.15, 0.2) is 0 Å². The molecule has 72 valence electrons. The molecule has 0 aromatic carbocycles. The van der Waals surface area contributed by atoms with Crippen LogP contribution in [0.1, 0.15) is 2.85 Å². The van der Waals surface area contributed by atoms with E-state index < -0.39 is 20.8 Å². The predicted molar refractivity (Wildman–Crippen MR) is 23.9 cm³/mol. The quantitative estimate of drug-likeness (QED) is 0.343. The standard InChI is InChI=1S/2H2O4S.O.Zr/c2*1-5(2,3)4;;/h2*(H2,1,2,3,4);;/q;;;+2/p-2. The topological polar surface area (TPSA) is 178 Å². The molecule has 0 aliphatic heterocycles. The van der Waals surface area contributed by atoms with Gasteiger partial charge in [0.25, 0.3) is 0 Å². The first-order valence-corrected chi connectivity index (χ1v) is 5.21. The zero-order valence-corrected chi connectivity index (χ0v) is 9.08. The zero-order chi connectivity index (χ0) is 11.0. The van der Waals surface area contributed by atoms with Crippen LogP contribution in [0.3, 0.4) is 0 Å². The Morgan fingerprint density at radius 3 is 0.750 bits per heavy atom. The van der Waals surface area contributed by atoms with Gasteiger partial charge in [-0.05, 0) is 0 Å². The predicted octanol–water partition coefficient (Wildman–Crippen LogP) is -2.57. The summed E-state index contributed by atoms with van der Waals surface area (Å²) in [5, 5.41) is 0. The maximum atomic E-state index is 8.52. The van der Waals surface area contributed by atoms with E-state index >= 15 is 0 Å². The summed E-state index contributed by atoms with van der Waals surface area (Å²) < 4.78 is 76.5. The molecule has 12 heteroatoms. The minimum absolute atomic E-state index is 0. The average Bonchev–Trinajstić information content (AvgIpc) is 1.59. The first-order valence-electron chi connectivity index (χ1n) is 1.54. The Bertz CT molecular complexity index is 230. The molecule has 0 aliphatic rings. The molecule has 9 nitrogen and oxygen atoms in total. The molecule has 0 saturated heterocycles. The number of hydrogen-bond donors (Lipinski definition) is 0. The number of rotatable bonds is 0. The van der Waals surface area contributed by atoms with Gasteiger partial charge in [0.05, 0.1) is 0 Å². The first kappa shape index (κ1) is 18.3. The molecule has 0 heterocycles. The van der Waals surface area contributed by atoms with Crippen LogP contribution in [0.2, 0.25) is 0 Å². The molecule has 0 amide bonds. The SMILES string of the molecule is O=S(=O)([O-])[O-].O=S(=O)([O-])[O-].[H+].[H+].[O]=[Zr+2]. The summed E-state index contributed by atoms with van der Waals surface area (Å²) in [4.78, 5) is 0. The Labute approximate surface area is 86.2 Å². The molecule has 0 atom stereocenters. The van der Waals surface area contributed by atoms with Crippen molar-refractivity contribution in [3.05, 3.63) is 0 Å². The van der Waals surface area contributed by atoms with E-state index in [-0.39, 0.29) is 2.85 Å². The second kappa shape index (κ2) is 8.04. The summed E-state index contributed by atoms with van der Waals surface area (Å²) in [6.07, 6.45) is 0. The van der Waals surface area contributed by atoms with Crippen LogP contribution in [0.5, 0.6) is 0 Å². The van der Waals surface area contributed by atoms with E-state index in [2.05, 4.69) is 0 Å². The Morgan fingerprint density at radius 2 is 0.750 bits per heavy atom. The summed E-state index contributed by atoms with van der Waals surface area (Å²) in [5.74, 6) is 0. The van der Waals surface area contributed by atoms with Gasteiger partial charge in [-0.15, -0.1) is 0 Å². The van der Waals surface area contributed by atoms with Crippen molar-refractivity contribution in [2.75, 3.05) is 0 Å². The van der Waals surface area contributed by atoms with E-state index in [4.69, 9.17) is 37.9 Å². The zero-order valence-electron chi connectivity index (χ0n) is 6.99. The third-order valence-corrected chi connectivity index (χ3v) is 0. The van der Waals surface area contributed by atoms with Crippen molar-refractivity contribution in [1.82, 2.24) is 0 Å². The number of hydrogen-bond acceptors (Lipinski definition) is 9. The van der Waals surface area contributed by atoms with Crippen LogP contribution < -0.4 is 0 Å². The van der Waals surface area contributed by atoms with Crippen molar-refractivity contribution in [3.63, 3.8) is 0 Å². The van der Waals surface area contributed by atoms with Crippen molar-refractivity contribution in [2.24, 2.45) is 0 Å². The van der Waals surface area contributed by atoms with Crippen LogP contribution in [0.15, 0.2) is 0 Å². The molecule has 0 radical (unpaired) electrons. The van der Waals surface area contributed by atoms with Gasteiger partial charge in [0.1, 0.15) is 0 Å².